The molecule has 0 aliphatic rings. The molecule has 17 heavy (non-hydrogen) atoms. The van der Waals surface area contributed by atoms with Crippen molar-refractivity contribution in [2.75, 3.05) is 20.0 Å². The third-order valence-corrected chi connectivity index (χ3v) is 2.62. The van der Waals surface area contributed by atoms with E-state index in [0.29, 0.717) is 0 Å². The first-order valence-corrected chi connectivity index (χ1v) is 5.33. The van der Waals surface area contributed by atoms with E-state index in [2.05, 4.69) is 0 Å². The summed E-state index contributed by atoms with van der Waals surface area (Å²) in [6, 6.07) is 13.5. The van der Waals surface area contributed by atoms with Crippen molar-refractivity contribution in [2.24, 2.45) is 0 Å². The lowest BCUT2D eigenvalue weighted by atomic mass is 10.0. The van der Waals surface area contributed by atoms with Crippen LogP contribution in [0.25, 0.3) is 11.1 Å². The van der Waals surface area contributed by atoms with Gasteiger partial charge in [-0.3, -0.25) is 0 Å². The van der Waals surface area contributed by atoms with Gasteiger partial charge in [0.05, 0.1) is 14.2 Å². The molecule has 2 N–H and O–H groups in total. The summed E-state index contributed by atoms with van der Waals surface area (Å²) in [6.07, 6.45) is 0. The highest BCUT2D eigenvalue weighted by Crippen LogP contribution is 2.37. The highest BCUT2D eigenvalue weighted by Gasteiger charge is 2.10. The van der Waals surface area contributed by atoms with Gasteiger partial charge in [0, 0.05) is 11.3 Å². The van der Waals surface area contributed by atoms with E-state index in [9.17, 15) is 0 Å². The Hall–Kier alpha value is -2.16. The number of nitrogen functional groups attached to an aromatic ring is 1. The Morgan fingerprint density at radius 2 is 1.59 bits per heavy atom. The maximum Gasteiger partial charge on any atom is 0.168 e. The van der Waals surface area contributed by atoms with Gasteiger partial charge in [-0.25, -0.2) is 0 Å². The Balaban J connectivity index is 2.54. The number of ether oxygens (including phenoxy) is 2. The van der Waals surface area contributed by atoms with Crippen molar-refractivity contribution in [1.82, 2.24) is 0 Å². The average molecular weight is 229 g/mol. The third kappa shape index (κ3) is 2.18. The highest BCUT2D eigenvalue weighted by molar-refractivity contribution is 5.74. The van der Waals surface area contributed by atoms with Crippen molar-refractivity contribution in [1.29, 1.82) is 0 Å². The lowest BCUT2D eigenvalue weighted by Gasteiger charge is -2.12. The molecule has 0 spiro atoms. The van der Waals surface area contributed by atoms with E-state index in [0.717, 1.165) is 28.3 Å². The van der Waals surface area contributed by atoms with Crippen LogP contribution < -0.4 is 15.2 Å². The molecule has 0 aliphatic heterocycles. The predicted molar refractivity (Wildman–Crippen MR) is 69.4 cm³/mol. The molecule has 2 aromatic rings. The maximum atomic E-state index is 5.68. The molecular formula is C14H15NO2. The molecule has 0 saturated carbocycles. The molecule has 0 saturated heterocycles. The van der Waals surface area contributed by atoms with Crippen LogP contribution >= 0.6 is 0 Å². The van der Waals surface area contributed by atoms with Gasteiger partial charge in [-0.05, 0) is 23.8 Å². The fraction of sp³-hybridized carbons (Fsp3) is 0.143. The van der Waals surface area contributed by atoms with Gasteiger partial charge in [-0.15, -0.1) is 0 Å². The van der Waals surface area contributed by atoms with Crippen LogP contribution in [0.15, 0.2) is 42.5 Å². The minimum Gasteiger partial charge on any atom is -0.493 e. The summed E-state index contributed by atoms with van der Waals surface area (Å²) in [7, 11) is 3.27. The molecule has 2 rings (SSSR count). The van der Waals surface area contributed by atoms with E-state index in [1.807, 2.05) is 42.5 Å². The van der Waals surface area contributed by atoms with Crippen molar-refractivity contribution >= 4 is 5.69 Å². The second-order valence-electron chi connectivity index (χ2n) is 3.66. The zero-order valence-electron chi connectivity index (χ0n) is 9.94. The summed E-state index contributed by atoms with van der Waals surface area (Å²) in [4.78, 5) is 0. The monoisotopic (exact) mass is 229 g/mol. The normalized spacial score (nSPS) is 10.0. The van der Waals surface area contributed by atoms with Crippen LogP contribution in [0.1, 0.15) is 0 Å². The van der Waals surface area contributed by atoms with Gasteiger partial charge in [-0.1, -0.05) is 24.3 Å². The second-order valence-corrected chi connectivity index (χ2v) is 3.66. The molecule has 3 nitrogen and oxygen atoms in total. The van der Waals surface area contributed by atoms with Gasteiger partial charge < -0.3 is 15.2 Å². The average Bonchev–Trinajstić information content (AvgIpc) is 2.38. The molecule has 0 atom stereocenters. The second kappa shape index (κ2) is 4.78. The van der Waals surface area contributed by atoms with Gasteiger partial charge >= 0.3 is 0 Å². The summed E-state index contributed by atoms with van der Waals surface area (Å²) < 4.78 is 10.7. The zero-order chi connectivity index (χ0) is 12.3. The van der Waals surface area contributed by atoms with Gasteiger partial charge in [-0.2, -0.15) is 0 Å². The van der Waals surface area contributed by atoms with E-state index < -0.39 is 0 Å². The SMILES string of the molecule is COc1cccc(-c2ccc(N)cc2)c1OC. The van der Waals surface area contributed by atoms with E-state index in [1.165, 1.54) is 0 Å². The van der Waals surface area contributed by atoms with Gasteiger partial charge in [0.2, 0.25) is 0 Å². The van der Waals surface area contributed by atoms with Crippen LogP contribution in [0.4, 0.5) is 5.69 Å². The molecule has 0 bridgehead atoms. The minimum atomic E-state index is 0.724. The first kappa shape index (κ1) is 11.3. The quantitative estimate of drug-likeness (QED) is 0.823. The number of benzene rings is 2. The number of anilines is 1. The van der Waals surface area contributed by atoms with E-state index in [-0.39, 0.29) is 0 Å². The molecule has 0 aromatic heterocycles. The number of methoxy groups -OCH3 is 2. The van der Waals surface area contributed by atoms with Crippen molar-refractivity contribution in [3.63, 3.8) is 0 Å². The number of hydrogen-bond donors (Lipinski definition) is 1. The molecule has 0 unspecified atom stereocenters. The third-order valence-electron chi connectivity index (χ3n) is 2.62. The fourth-order valence-corrected chi connectivity index (χ4v) is 1.78. The summed E-state index contributed by atoms with van der Waals surface area (Å²) in [5.74, 6) is 1.46. The smallest absolute Gasteiger partial charge is 0.168 e. The molecule has 0 heterocycles. The number of hydrogen-bond acceptors (Lipinski definition) is 3. The van der Waals surface area contributed by atoms with Crippen LogP contribution in [0.3, 0.4) is 0 Å². The van der Waals surface area contributed by atoms with Gasteiger partial charge in [0.25, 0.3) is 0 Å². The van der Waals surface area contributed by atoms with Crippen molar-refractivity contribution in [2.45, 2.75) is 0 Å². The Morgan fingerprint density at radius 3 is 2.18 bits per heavy atom. The molecule has 88 valence electrons. The van der Waals surface area contributed by atoms with Gasteiger partial charge in [0.1, 0.15) is 0 Å². The molecular weight excluding hydrogens is 214 g/mol. The first-order valence-electron chi connectivity index (χ1n) is 5.33. The van der Waals surface area contributed by atoms with Crippen molar-refractivity contribution in [3.8, 4) is 22.6 Å². The first-order chi connectivity index (χ1) is 8.26. The van der Waals surface area contributed by atoms with E-state index >= 15 is 0 Å². The number of rotatable bonds is 3. The summed E-state index contributed by atoms with van der Waals surface area (Å²) in [6.45, 7) is 0. The summed E-state index contributed by atoms with van der Waals surface area (Å²) in [5, 5.41) is 0. The number of para-hydroxylation sites is 1. The predicted octanol–water partition coefficient (Wildman–Crippen LogP) is 2.95. The lowest BCUT2D eigenvalue weighted by molar-refractivity contribution is 0.356. The van der Waals surface area contributed by atoms with Crippen molar-refractivity contribution in [3.05, 3.63) is 42.5 Å². The van der Waals surface area contributed by atoms with Crippen LogP contribution in [-0.2, 0) is 0 Å². The molecule has 0 amide bonds. The van der Waals surface area contributed by atoms with E-state index in [1.54, 1.807) is 14.2 Å². The Morgan fingerprint density at radius 1 is 0.882 bits per heavy atom. The minimum absolute atomic E-state index is 0.724. The molecule has 0 radical (unpaired) electrons. The lowest BCUT2D eigenvalue weighted by Crippen LogP contribution is -1.93. The standard InChI is InChI=1S/C14H15NO2/c1-16-13-5-3-4-12(14(13)17-2)10-6-8-11(15)9-7-10/h3-9H,15H2,1-2H3. The number of nitrogens with two attached hydrogens (primary N) is 1. The maximum absolute atomic E-state index is 5.68. The highest BCUT2D eigenvalue weighted by atomic mass is 16.5. The summed E-state index contributed by atoms with van der Waals surface area (Å²) >= 11 is 0. The van der Waals surface area contributed by atoms with Crippen LogP contribution in [0.2, 0.25) is 0 Å². The zero-order valence-corrected chi connectivity index (χ0v) is 9.94. The Bertz CT molecular complexity index is 506. The Kier molecular flexibility index (Phi) is 3.19. The van der Waals surface area contributed by atoms with Crippen molar-refractivity contribution < 1.29 is 9.47 Å². The van der Waals surface area contributed by atoms with Crippen LogP contribution in [-0.4, -0.2) is 14.2 Å². The topological polar surface area (TPSA) is 44.5 Å². The molecule has 2 aromatic carbocycles. The molecule has 0 fully saturated rings. The molecule has 0 aliphatic carbocycles. The van der Waals surface area contributed by atoms with Gasteiger partial charge in [0.15, 0.2) is 11.5 Å². The van der Waals surface area contributed by atoms with Crippen LogP contribution in [0.5, 0.6) is 11.5 Å². The largest absolute Gasteiger partial charge is 0.493 e. The van der Waals surface area contributed by atoms with Crippen LogP contribution in [0, 0.1) is 0 Å². The Labute approximate surface area is 101 Å². The summed E-state index contributed by atoms with van der Waals surface area (Å²) in [5.41, 5.74) is 8.46. The molecule has 3 heteroatoms. The fourth-order valence-electron chi connectivity index (χ4n) is 1.78. The van der Waals surface area contributed by atoms with E-state index in [4.69, 9.17) is 15.2 Å².